The molecule has 0 spiro atoms. The molecule has 2 rings (SSSR count). The Labute approximate surface area is 98.8 Å². The van der Waals surface area contributed by atoms with Crippen molar-refractivity contribution in [3.05, 3.63) is 59.3 Å². The lowest BCUT2D eigenvalue weighted by atomic mass is 9.87. The molecule has 0 heteroatoms. The van der Waals surface area contributed by atoms with Gasteiger partial charge in [0.15, 0.2) is 0 Å². The van der Waals surface area contributed by atoms with Crippen molar-refractivity contribution in [3.63, 3.8) is 0 Å². The summed E-state index contributed by atoms with van der Waals surface area (Å²) < 4.78 is 0. The van der Waals surface area contributed by atoms with Gasteiger partial charge in [-0.3, -0.25) is 0 Å². The Balaban J connectivity index is 2.31. The molecule has 84 valence electrons. The van der Waals surface area contributed by atoms with Crippen molar-refractivity contribution in [1.29, 1.82) is 0 Å². The maximum atomic E-state index is 2.37. The number of rotatable bonds is 1. The maximum absolute atomic E-state index is 2.37. The molecule has 0 unspecified atom stereocenters. The lowest BCUT2D eigenvalue weighted by Crippen LogP contribution is -2.04. The Kier molecular flexibility index (Phi) is 3.00. The Bertz CT molecular complexity index is 423. The van der Waals surface area contributed by atoms with Gasteiger partial charge in [0, 0.05) is 5.41 Å². The van der Waals surface area contributed by atoms with E-state index in [1.807, 2.05) is 0 Å². The van der Waals surface area contributed by atoms with Crippen molar-refractivity contribution >= 4 is 0 Å². The third-order valence-corrected chi connectivity index (χ3v) is 3.17. The van der Waals surface area contributed by atoms with Crippen LogP contribution in [0.3, 0.4) is 0 Å². The van der Waals surface area contributed by atoms with Crippen LogP contribution in [0.5, 0.6) is 0 Å². The van der Waals surface area contributed by atoms with E-state index < -0.39 is 0 Å². The van der Waals surface area contributed by atoms with Gasteiger partial charge in [0.2, 0.25) is 0 Å². The average molecular weight is 212 g/mol. The third kappa shape index (κ3) is 2.63. The fourth-order valence-corrected chi connectivity index (χ4v) is 2.14. The standard InChI is InChI=1S/C16H20/c1-13-7-9-14(10-8-13)15-6-4-5-11-16(2,3)12-15/h4-7,9,11-12H,8,10H2,1-3H3. The molecule has 0 aromatic heterocycles. The molecular formula is C16H20. The van der Waals surface area contributed by atoms with Crippen molar-refractivity contribution in [3.8, 4) is 0 Å². The Morgan fingerprint density at radius 2 is 1.88 bits per heavy atom. The highest BCUT2D eigenvalue weighted by Crippen LogP contribution is 2.31. The van der Waals surface area contributed by atoms with Gasteiger partial charge in [-0.05, 0) is 30.9 Å². The molecule has 0 nitrogen and oxygen atoms in total. The molecule has 0 saturated carbocycles. The van der Waals surface area contributed by atoms with E-state index in [2.05, 4.69) is 63.3 Å². The molecule has 0 aromatic rings. The molecule has 0 fully saturated rings. The molecular weight excluding hydrogens is 192 g/mol. The molecule has 0 aromatic carbocycles. The van der Waals surface area contributed by atoms with Gasteiger partial charge in [0.1, 0.15) is 0 Å². The quantitative estimate of drug-likeness (QED) is 0.589. The smallest absolute Gasteiger partial charge is 0.00166 e. The van der Waals surface area contributed by atoms with Crippen LogP contribution in [0.1, 0.15) is 33.6 Å². The topological polar surface area (TPSA) is 0 Å². The molecule has 0 bridgehead atoms. The summed E-state index contributed by atoms with van der Waals surface area (Å²) in [6.07, 6.45) is 18.0. The number of hydrogen-bond donors (Lipinski definition) is 0. The van der Waals surface area contributed by atoms with E-state index in [1.165, 1.54) is 29.6 Å². The average Bonchev–Trinajstić information content (AvgIpc) is 2.40. The highest BCUT2D eigenvalue weighted by Gasteiger charge is 2.15. The lowest BCUT2D eigenvalue weighted by Gasteiger charge is -2.18. The summed E-state index contributed by atoms with van der Waals surface area (Å²) in [5.41, 5.74) is 4.51. The van der Waals surface area contributed by atoms with E-state index in [-0.39, 0.29) is 5.41 Å². The SMILES string of the molecule is CC1=CC=C(C2=CC(C)(C)C=CC=C2)CC1. The van der Waals surface area contributed by atoms with Gasteiger partial charge in [-0.1, -0.05) is 62.0 Å². The monoisotopic (exact) mass is 212 g/mol. The minimum absolute atomic E-state index is 0.163. The summed E-state index contributed by atoms with van der Waals surface area (Å²) in [7, 11) is 0. The van der Waals surface area contributed by atoms with Crippen LogP contribution in [-0.4, -0.2) is 0 Å². The second-order valence-electron chi connectivity index (χ2n) is 5.34. The van der Waals surface area contributed by atoms with Crippen molar-refractivity contribution in [1.82, 2.24) is 0 Å². The van der Waals surface area contributed by atoms with Crippen LogP contribution in [0.15, 0.2) is 59.3 Å². The fraction of sp³-hybridized carbons (Fsp3) is 0.375. The second-order valence-corrected chi connectivity index (χ2v) is 5.34. The van der Waals surface area contributed by atoms with Gasteiger partial charge in [-0.15, -0.1) is 0 Å². The largest absolute Gasteiger partial charge is 0.0751 e. The van der Waals surface area contributed by atoms with Gasteiger partial charge >= 0.3 is 0 Å². The van der Waals surface area contributed by atoms with Gasteiger partial charge in [0.25, 0.3) is 0 Å². The predicted octanol–water partition coefficient (Wildman–Crippen LogP) is 4.73. The van der Waals surface area contributed by atoms with Crippen LogP contribution in [-0.2, 0) is 0 Å². The first-order valence-corrected chi connectivity index (χ1v) is 6.02. The lowest BCUT2D eigenvalue weighted by molar-refractivity contribution is 0.623. The van der Waals surface area contributed by atoms with E-state index in [0.717, 1.165) is 0 Å². The van der Waals surface area contributed by atoms with Gasteiger partial charge in [-0.25, -0.2) is 0 Å². The third-order valence-electron chi connectivity index (χ3n) is 3.17. The minimum Gasteiger partial charge on any atom is -0.0751 e. The number of hydrogen-bond acceptors (Lipinski definition) is 0. The number of allylic oxidation sites excluding steroid dienone is 10. The first kappa shape index (κ1) is 11.2. The van der Waals surface area contributed by atoms with Crippen LogP contribution >= 0.6 is 0 Å². The van der Waals surface area contributed by atoms with Crippen LogP contribution < -0.4 is 0 Å². The zero-order valence-corrected chi connectivity index (χ0v) is 10.5. The summed E-state index contributed by atoms with van der Waals surface area (Å²) in [6.45, 7) is 6.71. The molecule has 0 aliphatic heterocycles. The Hall–Kier alpha value is -1.30. The second kappa shape index (κ2) is 4.29. The summed E-state index contributed by atoms with van der Waals surface area (Å²) in [4.78, 5) is 0. The predicted molar refractivity (Wildman–Crippen MR) is 71.2 cm³/mol. The minimum atomic E-state index is 0.163. The Morgan fingerprint density at radius 3 is 2.56 bits per heavy atom. The van der Waals surface area contributed by atoms with Crippen molar-refractivity contribution < 1.29 is 0 Å². The molecule has 0 radical (unpaired) electrons. The maximum Gasteiger partial charge on any atom is 0.00166 e. The van der Waals surface area contributed by atoms with Crippen LogP contribution in [0.25, 0.3) is 0 Å². The van der Waals surface area contributed by atoms with Gasteiger partial charge in [-0.2, -0.15) is 0 Å². The van der Waals surface area contributed by atoms with Crippen LogP contribution in [0.2, 0.25) is 0 Å². The molecule has 0 heterocycles. The van der Waals surface area contributed by atoms with Crippen molar-refractivity contribution in [2.75, 3.05) is 0 Å². The van der Waals surface area contributed by atoms with E-state index in [9.17, 15) is 0 Å². The van der Waals surface area contributed by atoms with Crippen LogP contribution in [0, 0.1) is 5.41 Å². The van der Waals surface area contributed by atoms with E-state index in [1.54, 1.807) is 0 Å². The first-order chi connectivity index (χ1) is 7.57. The fourth-order valence-electron chi connectivity index (χ4n) is 2.14. The van der Waals surface area contributed by atoms with Gasteiger partial charge in [0.05, 0.1) is 0 Å². The van der Waals surface area contributed by atoms with Crippen LogP contribution in [0.4, 0.5) is 0 Å². The first-order valence-electron chi connectivity index (χ1n) is 6.02. The summed E-state index contributed by atoms with van der Waals surface area (Å²) in [5.74, 6) is 0. The van der Waals surface area contributed by atoms with Crippen molar-refractivity contribution in [2.24, 2.45) is 5.41 Å². The normalized spacial score (nSPS) is 23.3. The van der Waals surface area contributed by atoms with Gasteiger partial charge < -0.3 is 0 Å². The summed E-state index contributed by atoms with van der Waals surface area (Å²) in [5, 5.41) is 0. The zero-order chi connectivity index (χ0) is 11.6. The molecule has 16 heavy (non-hydrogen) atoms. The molecule has 0 N–H and O–H groups in total. The zero-order valence-electron chi connectivity index (χ0n) is 10.5. The highest BCUT2D eigenvalue weighted by atomic mass is 14.2. The molecule has 0 amide bonds. The molecule has 0 atom stereocenters. The molecule has 2 aliphatic rings. The molecule has 0 saturated heterocycles. The molecule has 2 aliphatic carbocycles. The van der Waals surface area contributed by atoms with E-state index >= 15 is 0 Å². The van der Waals surface area contributed by atoms with E-state index in [0.29, 0.717) is 0 Å². The van der Waals surface area contributed by atoms with E-state index in [4.69, 9.17) is 0 Å². The highest BCUT2D eigenvalue weighted by molar-refractivity contribution is 5.47. The Morgan fingerprint density at radius 1 is 1.06 bits per heavy atom. The summed E-state index contributed by atoms with van der Waals surface area (Å²) >= 11 is 0. The summed E-state index contributed by atoms with van der Waals surface area (Å²) in [6, 6.07) is 0. The van der Waals surface area contributed by atoms with Crippen molar-refractivity contribution in [2.45, 2.75) is 33.6 Å².